The molecule has 0 saturated carbocycles. The third-order valence-corrected chi connectivity index (χ3v) is 8.58. The third-order valence-electron chi connectivity index (χ3n) is 6.79. The fourth-order valence-electron chi connectivity index (χ4n) is 4.93. The van der Waals surface area contributed by atoms with E-state index < -0.39 is 0 Å². The Morgan fingerprint density at radius 1 is 0.475 bits per heavy atom. The first-order chi connectivity index (χ1) is 19.6. The largest absolute Gasteiger partial charge is 0.330 e. The van der Waals surface area contributed by atoms with Crippen molar-refractivity contribution in [2.75, 3.05) is 26.2 Å². The summed E-state index contributed by atoms with van der Waals surface area (Å²) < 4.78 is 0. The summed E-state index contributed by atoms with van der Waals surface area (Å²) >= 11 is 3.31. The van der Waals surface area contributed by atoms with Crippen LogP contribution in [0.1, 0.15) is 22.3 Å². The number of thiazole rings is 2. The predicted molar refractivity (Wildman–Crippen MR) is 171 cm³/mol. The van der Waals surface area contributed by atoms with Gasteiger partial charge in [0.05, 0.1) is 11.4 Å². The molecule has 0 aliphatic rings. The zero-order valence-electron chi connectivity index (χ0n) is 22.6. The van der Waals surface area contributed by atoms with Crippen molar-refractivity contribution in [3.05, 3.63) is 93.7 Å². The van der Waals surface area contributed by atoms with Gasteiger partial charge in [-0.1, -0.05) is 30.3 Å². The number of nitrogens with zero attached hydrogens (tertiary/aromatic N) is 2. The van der Waals surface area contributed by atoms with Gasteiger partial charge in [0.2, 0.25) is 0 Å². The van der Waals surface area contributed by atoms with Gasteiger partial charge in [-0.3, -0.25) is 0 Å². The minimum Gasteiger partial charge on any atom is -0.330 e. The van der Waals surface area contributed by atoms with Crippen LogP contribution in [0.4, 0.5) is 0 Å². The smallest absolute Gasteiger partial charge is 0.124 e. The molecule has 8 heteroatoms. The number of nitrogens with two attached hydrogens (primary N) is 4. The highest BCUT2D eigenvalue weighted by Crippen LogP contribution is 2.35. The first-order valence-electron chi connectivity index (χ1n) is 13.7. The molecule has 8 N–H and O–H groups in total. The van der Waals surface area contributed by atoms with Crippen molar-refractivity contribution in [1.29, 1.82) is 0 Å². The van der Waals surface area contributed by atoms with E-state index in [2.05, 4.69) is 71.4 Å². The van der Waals surface area contributed by atoms with Crippen LogP contribution in [0.3, 0.4) is 0 Å². The lowest BCUT2D eigenvalue weighted by atomic mass is 10.00. The summed E-state index contributed by atoms with van der Waals surface area (Å²) in [6.45, 7) is 2.47. The maximum absolute atomic E-state index is 5.84. The van der Waals surface area contributed by atoms with Crippen molar-refractivity contribution in [1.82, 2.24) is 9.97 Å². The fourth-order valence-corrected chi connectivity index (χ4v) is 6.58. The van der Waals surface area contributed by atoms with Crippen LogP contribution in [0.15, 0.2) is 71.4 Å². The molecule has 206 valence electrons. The molecule has 6 nitrogen and oxygen atoms in total. The highest BCUT2D eigenvalue weighted by atomic mass is 32.1. The van der Waals surface area contributed by atoms with Gasteiger partial charge in [0, 0.05) is 33.0 Å². The van der Waals surface area contributed by atoms with E-state index >= 15 is 0 Å². The van der Waals surface area contributed by atoms with E-state index in [1.807, 2.05) is 0 Å². The summed E-state index contributed by atoms with van der Waals surface area (Å²) in [5, 5.41) is 6.23. The number of rotatable bonds is 12. The molecule has 2 aromatic heterocycles. The zero-order chi connectivity index (χ0) is 27.9. The molecule has 0 aliphatic heterocycles. The normalized spacial score (nSPS) is 11.3. The van der Waals surface area contributed by atoms with E-state index in [1.165, 1.54) is 22.3 Å². The molecule has 3 aromatic carbocycles. The minimum absolute atomic E-state index is 0.618. The van der Waals surface area contributed by atoms with Gasteiger partial charge in [-0.05, 0) is 104 Å². The Labute approximate surface area is 244 Å². The van der Waals surface area contributed by atoms with Gasteiger partial charge >= 0.3 is 0 Å². The lowest BCUT2D eigenvalue weighted by Crippen LogP contribution is -2.06. The van der Waals surface area contributed by atoms with Crippen LogP contribution < -0.4 is 22.9 Å². The van der Waals surface area contributed by atoms with Crippen LogP contribution in [0, 0.1) is 0 Å². The second kappa shape index (κ2) is 13.4. The lowest BCUT2D eigenvalue weighted by Gasteiger charge is -2.08. The molecule has 5 rings (SSSR count). The third kappa shape index (κ3) is 6.72. The average Bonchev–Trinajstić information content (AvgIpc) is 3.65. The summed E-state index contributed by atoms with van der Waals surface area (Å²) in [6, 6.07) is 21.7. The van der Waals surface area contributed by atoms with Gasteiger partial charge in [-0.15, -0.1) is 22.7 Å². The molecule has 5 aromatic rings. The number of benzene rings is 3. The van der Waals surface area contributed by atoms with Crippen LogP contribution in [-0.2, 0) is 25.7 Å². The van der Waals surface area contributed by atoms with E-state index in [1.54, 1.807) is 22.7 Å². The molecule has 0 unspecified atom stereocenters. The topological polar surface area (TPSA) is 130 Å². The molecule has 2 heterocycles. The quantitative estimate of drug-likeness (QED) is 0.162. The molecule has 0 amide bonds. The van der Waals surface area contributed by atoms with Crippen LogP contribution >= 0.6 is 22.7 Å². The Morgan fingerprint density at radius 2 is 0.850 bits per heavy atom. The molecule has 0 radical (unpaired) electrons. The van der Waals surface area contributed by atoms with Crippen molar-refractivity contribution >= 4 is 22.7 Å². The number of hydrogen-bond acceptors (Lipinski definition) is 8. The van der Waals surface area contributed by atoms with Crippen LogP contribution in [-0.4, -0.2) is 36.1 Å². The Bertz CT molecular complexity index is 1410. The van der Waals surface area contributed by atoms with Gasteiger partial charge in [0.25, 0.3) is 0 Å². The fraction of sp³-hybridized carbons (Fsp3) is 0.250. The summed E-state index contributed by atoms with van der Waals surface area (Å²) in [7, 11) is 0. The summed E-state index contributed by atoms with van der Waals surface area (Å²) in [4.78, 5) is 10.0. The van der Waals surface area contributed by atoms with Gasteiger partial charge in [0.1, 0.15) is 10.0 Å². The molecular weight excluding hydrogens is 533 g/mol. The molecule has 40 heavy (non-hydrogen) atoms. The van der Waals surface area contributed by atoms with E-state index in [-0.39, 0.29) is 0 Å². The number of aromatic nitrogens is 2. The number of hydrogen-bond donors (Lipinski definition) is 4. The molecule has 0 aliphatic carbocycles. The molecular formula is C32H36N6S2. The van der Waals surface area contributed by atoms with Gasteiger partial charge in [0.15, 0.2) is 0 Å². The van der Waals surface area contributed by atoms with Crippen molar-refractivity contribution < 1.29 is 0 Å². The highest BCUT2D eigenvalue weighted by Gasteiger charge is 2.13. The second-order valence-corrected chi connectivity index (χ2v) is 11.6. The van der Waals surface area contributed by atoms with Crippen molar-refractivity contribution in [2.24, 2.45) is 22.9 Å². The van der Waals surface area contributed by atoms with Gasteiger partial charge in [-0.25, -0.2) is 9.97 Å². The van der Waals surface area contributed by atoms with Crippen molar-refractivity contribution in [3.8, 4) is 43.7 Å². The first-order valence-corrected chi connectivity index (χ1v) is 15.4. The van der Waals surface area contributed by atoms with Crippen LogP contribution in [0.5, 0.6) is 0 Å². The molecule has 0 saturated heterocycles. The molecule has 0 fully saturated rings. The molecule has 0 spiro atoms. The van der Waals surface area contributed by atoms with E-state index in [0.717, 1.165) is 69.3 Å². The van der Waals surface area contributed by atoms with Crippen LogP contribution in [0.25, 0.3) is 43.7 Å². The summed E-state index contributed by atoms with van der Waals surface area (Å²) in [5.74, 6) is 0. The van der Waals surface area contributed by atoms with Crippen molar-refractivity contribution in [2.45, 2.75) is 25.7 Å². The Balaban J connectivity index is 1.42. The second-order valence-electron chi connectivity index (χ2n) is 9.89. The molecule has 0 atom stereocenters. The Hall–Kier alpha value is -3.24. The van der Waals surface area contributed by atoms with Gasteiger partial charge < -0.3 is 22.9 Å². The van der Waals surface area contributed by atoms with E-state index in [4.69, 9.17) is 32.9 Å². The maximum atomic E-state index is 5.84. The lowest BCUT2D eigenvalue weighted by molar-refractivity contribution is 0.940. The zero-order valence-corrected chi connectivity index (χ0v) is 24.2. The standard InChI is InChI=1S/C32H36N6S2/c33-8-4-21-12-22(5-9-34)15-27(14-21)29-19-39-31(37-29)25-2-1-3-26(18-25)32-38-30(20-40-32)28-16-23(6-10-35)13-24(17-28)7-11-36/h1-3,12-20H,4-11,33-36H2. The maximum Gasteiger partial charge on any atom is 0.124 e. The molecule has 0 bridgehead atoms. The Morgan fingerprint density at radius 3 is 1.20 bits per heavy atom. The average molecular weight is 569 g/mol. The summed E-state index contributed by atoms with van der Waals surface area (Å²) in [5.41, 5.74) is 34.6. The minimum atomic E-state index is 0.618. The summed E-state index contributed by atoms with van der Waals surface area (Å²) in [6.07, 6.45) is 3.36. The van der Waals surface area contributed by atoms with E-state index in [9.17, 15) is 0 Å². The first kappa shape index (κ1) is 28.3. The van der Waals surface area contributed by atoms with Gasteiger partial charge in [-0.2, -0.15) is 0 Å². The highest BCUT2D eigenvalue weighted by molar-refractivity contribution is 7.14. The van der Waals surface area contributed by atoms with Crippen molar-refractivity contribution in [3.63, 3.8) is 0 Å². The van der Waals surface area contributed by atoms with Crippen LogP contribution in [0.2, 0.25) is 0 Å². The Kier molecular flexibility index (Phi) is 9.49. The SMILES string of the molecule is NCCc1cc(CCN)cc(-c2csc(-c3cccc(-c4nc(-c5cc(CCN)cc(CCN)c5)cs4)c3)n2)c1. The predicted octanol–water partition coefficient (Wildman–Crippen LogP) is 5.27. The monoisotopic (exact) mass is 568 g/mol. The van der Waals surface area contributed by atoms with E-state index in [0.29, 0.717) is 26.2 Å².